The molecule has 1 fully saturated rings. The summed E-state index contributed by atoms with van der Waals surface area (Å²) in [5, 5.41) is 21.8. The van der Waals surface area contributed by atoms with Gasteiger partial charge in [0.2, 0.25) is 11.8 Å². The second-order valence-electron chi connectivity index (χ2n) is 15.9. The molecular formula is C50H53Cl5N6O3S3. The van der Waals surface area contributed by atoms with Gasteiger partial charge in [-0.3, -0.25) is 25.1 Å². The zero-order valence-electron chi connectivity index (χ0n) is 37.7. The van der Waals surface area contributed by atoms with E-state index in [-0.39, 0.29) is 30.6 Å². The summed E-state index contributed by atoms with van der Waals surface area (Å²) in [6.07, 6.45) is 5.71. The number of piperidine rings is 1. The zero-order valence-corrected chi connectivity index (χ0v) is 44.0. The molecule has 3 amide bonds. The molecule has 5 aromatic rings. The Morgan fingerprint density at radius 3 is 1.72 bits per heavy atom. The van der Waals surface area contributed by atoms with Crippen LogP contribution in [-0.2, 0) is 54.2 Å². The summed E-state index contributed by atoms with van der Waals surface area (Å²) < 4.78 is 3.57. The molecule has 0 spiro atoms. The molecule has 2 heterocycles. The Bertz CT molecular complexity index is 2650. The fourth-order valence-corrected chi connectivity index (χ4v) is 8.13. The van der Waals surface area contributed by atoms with Crippen LogP contribution in [0.4, 0.5) is 5.69 Å². The summed E-state index contributed by atoms with van der Waals surface area (Å²) in [7, 11) is 0. The van der Waals surface area contributed by atoms with Crippen molar-refractivity contribution in [2.75, 3.05) is 6.26 Å². The highest BCUT2D eigenvalue weighted by Crippen LogP contribution is 2.29. The fraction of sp³-hybridized carbons (Fsp3) is 0.280. The monoisotopic (exact) mass is 1060 g/mol. The van der Waals surface area contributed by atoms with Crippen molar-refractivity contribution in [2.45, 2.75) is 85.2 Å². The summed E-state index contributed by atoms with van der Waals surface area (Å²) in [5.41, 5.74) is 16.8. The molecular weight excluding hydrogens is 1010 g/mol. The van der Waals surface area contributed by atoms with E-state index in [2.05, 4.69) is 22.1 Å². The molecule has 7 rings (SSSR count). The van der Waals surface area contributed by atoms with E-state index in [1.54, 1.807) is 11.0 Å². The second kappa shape index (κ2) is 27.7. The van der Waals surface area contributed by atoms with Gasteiger partial charge >= 0.3 is 0 Å². The molecule has 0 saturated carbocycles. The van der Waals surface area contributed by atoms with E-state index in [0.29, 0.717) is 76.4 Å². The van der Waals surface area contributed by atoms with Crippen molar-refractivity contribution in [1.29, 1.82) is 10.8 Å². The predicted molar refractivity (Wildman–Crippen MR) is 289 cm³/mol. The standard InChI is InChI=1S/C24H24ClN3O3.C10H12ClNS.C9H10ClNS.C7H6ClNS.ClH/c1-14-2-3-16(12-20(14)25)11-18(26)6-4-15-5-7-19-17(10-15)13-28(24(19)31)21-8-9-22(29)27-23(21)30;1-7-3-4-8(5-9(7)11)6-10(12)13-2;1-6-2-3-7(4-8(6)10)5-9(11)12;1-5-2-3-6(9-10)4-7(5)8;/h2-3,5,7,10,12,21,26H,4,6,8-9,11,13H2,1H3,(H,27,29,30);3-5,12H,6H2,1-2H3;2-4H,5H2,1H3,(H2,11,12);2-4H,1H3;1H. The number of benzene rings is 5. The highest BCUT2D eigenvalue weighted by molar-refractivity contribution is 8.13. The van der Waals surface area contributed by atoms with Crippen molar-refractivity contribution < 1.29 is 14.4 Å². The maximum Gasteiger partial charge on any atom is 0.255 e. The van der Waals surface area contributed by atoms with Gasteiger partial charge in [-0.25, -0.2) is 0 Å². The van der Waals surface area contributed by atoms with E-state index in [1.165, 1.54) is 11.8 Å². The molecule has 0 radical (unpaired) electrons. The van der Waals surface area contributed by atoms with Crippen molar-refractivity contribution in [3.8, 4) is 0 Å². The first-order chi connectivity index (χ1) is 31.3. The number of carbonyl (C=O) groups is 3. The van der Waals surface area contributed by atoms with Gasteiger partial charge in [-0.2, -0.15) is 4.36 Å². The topological polar surface area (TPSA) is 153 Å². The Kier molecular flexibility index (Phi) is 23.6. The molecule has 0 bridgehead atoms. The Balaban J connectivity index is 0.000000272. The highest BCUT2D eigenvalue weighted by Gasteiger charge is 2.39. The van der Waals surface area contributed by atoms with Crippen LogP contribution < -0.4 is 11.1 Å². The van der Waals surface area contributed by atoms with E-state index < -0.39 is 11.9 Å². The third-order valence-corrected chi connectivity index (χ3v) is 13.3. The quantitative estimate of drug-likeness (QED) is 0.0445. The van der Waals surface area contributed by atoms with Crippen LogP contribution in [0.5, 0.6) is 0 Å². The van der Waals surface area contributed by atoms with Crippen LogP contribution in [0.1, 0.15) is 79.7 Å². The van der Waals surface area contributed by atoms with Gasteiger partial charge in [0.25, 0.3) is 5.91 Å². The lowest BCUT2D eigenvalue weighted by Crippen LogP contribution is -2.52. The molecule has 1 unspecified atom stereocenters. The number of hydrogen-bond donors (Lipinski definition) is 4. The smallest absolute Gasteiger partial charge is 0.255 e. The summed E-state index contributed by atoms with van der Waals surface area (Å²) in [5.74, 6) is -0.856. The molecule has 354 valence electrons. The summed E-state index contributed by atoms with van der Waals surface area (Å²) >= 11 is 34.6. The lowest BCUT2D eigenvalue weighted by Gasteiger charge is -2.29. The minimum absolute atomic E-state index is 0. The molecule has 0 aromatic heterocycles. The summed E-state index contributed by atoms with van der Waals surface area (Å²) in [6.45, 7) is 8.21. The molecule has 9 nitrogen and oxygen atoms in total. The number of nitrogens with zero attached hydrogens (tertiary/aromatic N) is 2. The van der Waals surface area contributed by atoms with Crippen LogP contribution in [0, 0.1) is 38.5 Å². The van der Waals surface area contributed by atoms with Crippen molar-refractivity contribution in [3.63, 3.8) is 0 Å². The first-order valence-corrected chi connectivity index (χ1v) is 24.4. The van der Waals surface area contributed by atoms with Crippen molar-refractivity contribution >= 4 is 134 Å². The average molecular weight is 1060 g/mol. The van der Waals surface area contributed by atoms with Gasteiger partial charge in [0, 0.05) is 76.0 Å². The number of imide groups is 1. The second-order valence-corrected chi connectivity index (χ2v) is 19.1. The third-order valence-electron chi connectivity index (χ3n) is 10.7. The van der Waals surface area contributed by atoms with Gasteiger partial charge in [-0.05, 0) is 140 Å². The van der Waals surface area contributed by atoms with Gasteiger partial charge in [0.15, 0.2) is 0 Å². The number of fused-ring (bicyclic) bond motifs is 1. The fourth-order valence-electron chi connectivity index (χ4n) is 6.75. The molecule has 5 N–H and O–H groups in total. The molecule has 1 atom stereocenters. The molecule has 2 aliphatic heterocycles. The number of nitrogens with two attached hydrogens (primary N) is 1. The van der Waals surface area contributed by atoms with Crippen LogP contribution in [-0.4, -0.2) is 50.7 Å². The number of thiocarbonyl (C=S) groups is 1. The van der Waals surface area contributed by atoms with Gasteiger partial charge in [0.1, 0.15) is 6.04 Å². The largest absolute Gasteiger partial charge is 0.393 e. The molecule has 5 aromatic carbocycles. The first kappa shape index (κ1) is 57.1. The maximum absolute atomic E-state index is 12.8. The molecule has 17 heteroatoms. The van der Waals surface area contributed by atoms with E-state index >= 15 is 0 Å². The van der Waals surface area contributed by atoms with E-state index in [9.17, 15) is 14.4 Å². The predicted octanol–water partition coefficient (Wildman–Crippen LogP) is 13.0. The number of rotatable bonds is 11. The van der Waals surface area contributed by atoms with Crippen LogP contribution in [0.15, 0.2) is 95.4 Å². The molecule has 67 heavy (non-hydrogen) atoms. The lowest BCUT2D eigenvalue weighted by atomic mass is 9.99. The maximum atomic E-state index is 12.8. The zero-order chi connectivity index (χ0) is 48.7. The van der Waals surface area contributed by atoms with E-state index in [0.717, 1.165) is 65.8 Å². The number of halogens is 5. The van der Waals surface area contributed by atoms with Gasteiger partial charge in [-0.1, -0.05) is 113 Å². The minimum atomic E-state index is -0.601. The summed E-state index contributed by atoms with van der Waals surface area (Å²) in [6, 6.07) is 28.3. The van der Waals surface area contributed by atoms with Crippen molar-refractivity contribution in [2.24, 2.45) is 10.1 Å². The number of hydrogen-bond acceptors (Lipinski definition) is 9. The van der Waals surface area contributed by atoms with E-state index in [1.807, 2.05) is 119 Å². The van der Waals surface area contributed by atoms with Gasteiger partial charge in [-0.15, -0.1) is 24.2 Å². The van der Waals surface area contributed by atoms with Crippen LogP contribution in [0.25, 0.3) is 0 Å². The molecule has 1 saturated heterocycles. The highest BCUT2D eigenvalue weighted by atomic mass is 35.5. The average Bonchev–Trinajstić information content (AvgIpc) is 3.60. The third kappa shape index (κ3) is 18.0. The number of amides is 3. The Morgan fingerprint density at radius 2 is 1.24 bits per heavy atom. The molecule has 0 aliphatic carbocycles. The van der Waals surface area contributed by atoms with Crippen LogP contribution in [0.3, 0.4) is 0 Å². The van der Waals surface area contributed by atoms with E-state index in [4.69, 9.17) is 75.2 Å². The van der Waals surface area contributed by atoms with Crippen LogP contribution >= 0.6 is 82.8 Å². The lowest BCUT2D eigenvalue weighted by molar-refractivity contribution is -0.136. The Morgan fingerprint density at radius 1 is 0.746 bits per heavy atom. The SMILES string of the molecule is CSC(=N)Cc1ccc(C)c(Cl)c1.Cc1ccc(CC(=N)CCc2ccc3c(c2)CN(C2CCC(=O)NC2=O)C3=O)cc1Cl.Cc1ccc(CC(N)=S)cc1Cl.Cc1ccc(N=S)cc1Cl.Cl. The molecule has 2 aliphatic rings. The number of carbonyl (C=O) groups excluding carboxylic acids is 3. The van der Waals surface area contributed by atoms with Gasteiger partial charge in [0.05, 0.1) is 15.7 Å². The normalized spacial score (nSPS) is 13.5. The number of aryl methyl sites for hydroxylation is 5. The van der Waals surface area contributed by atoms with Gasteiger partial charge < -0.3 is 16.0 Å². The number of thioether (sulfide) groups is 1. The van der Waals surface area contributed by atoms with Crippen LogP contribution in [0.2, 0.25) is 20.1 Å². The van der Waals surface area contributed by atoms with Crippen molar-refractivity contribution in [1.82, 2.24) is 10.2 Å². The summed E-state index contributed by atoms with van der Waals surface area (Å²) in [4.78, 5) is 38.4. The Hall–Kier alpha value is -4.24. The first-order valence-electron chi connectivity index (χ1n) is 20.9. The Labute approximate surface area is 434 Å². The number of nitrogens with one attached hydrogen (secondary N) is 3. The minimum Gasteiger partial charge on any atom is -0.393 e. The van der Waals surface area contributed by atoms with Crippen molar-refractivity contribution in [3.05, 3.63) is 167 Å².